The lowest BCUT2D eigenvalue weighted by atomic mass is 10.1. The van der Waals surface area contributed by atoms with Gasteiger partial charge in [0.25, 0.3) is 0 Å². The van der Waals surface area contributed by atoms with Gasteiger partial charge in [-0.05, 0) is 13.0 Å². The van der Waals surface area contributed by atoms with Crippen molar-refractivity contribution in [3.63, 3.8) is 0 Å². The second-order valence-electron chi connectivity index (χ2n) is 5.46. The van der Waals surface area contributed by atoms with Gasteiger partial charge in [-0.2, -0.15) is 10.1 Å². The molecular weight excluding hydrogens is 296 g/mol. The van der Waals surface area contributed by atoms with Crippen LogP contribution in [0.1, 0.15) is 25.1 Å². The highest BCUT2D eigenvalue weighted by molar-refractivity contribution is 5.80. The molecule has 0 aromatic carbocycles. The van der Waals surface area contributed by atoms with Gasteiger partial charge in [0, 0.05) is 26.7 Å². The lowest BCUT2D eigenvalue weighted by Gasteiger charge is -2.25. The summed E-state index contributed by atoms with van der Waals surface area (Å²) in [7, 11) is 3.68. The summed E-state index contributed by atoms with van der Waals surface area (Å²) in [5.41, 5.74) is 0.977. The molecule has 122 valence electrons. The Morgan fingerprint density at radius 2 is 2.22 bits per heavy atom. The Morgan fingerprint density at radius 3 is 2.91 bits per heavy atom. The zero-order valence-electron chi connectivity index (χ0n) is 13.4. The molecule has 3 heterocycles. The normalized spacial score (nSPS) is 20.8. The first kappa shape index (κ1) is 15.3. The van der Waals surface area contributed by atoms with Gasteiger partial charge in [-0.1, -0.05) is 0 Å². The molecule has 1 saturated heterocycles. The van der Waals surface area contributed by atoms with Gasteiger partial charge < -0.3 is 15.0 Å². The Balaban J connectivity index is 1.84. The SMILES string of the molecule is CCOc1cncc(N[C@@H]2CC(=O)N(C)[C@H]2c2ccnn2C)n1. The number of hydrogen-bond donors (Lipinski definition) is 1. The third kappa shape index (κ3) is 2.96. The van der Waals surface area contributed by atoms with Crippen LogP contribution in [0.2, 0.25) is 0 Å². The van der Waals surface area contributed by atoms with Crippen LogP contribution in [0.25, 0.3) is 0 Å². The summed E-state index contributed by atoms with van der Waals surface area (Å²) in [6.07, 6.45) is 5.33. The molecule has 8 nitrogen and oxygen atoms in total. The van der Waals surface area contributed by atoms with Gasteiger partial charge in [0.15, 0.2) is 0 Å². The molecule has 0 aliphatic carbocycles. The quantitative estimate of drug-likeness (QED) is 0.885. The first-order valence-electron chi connectivity index (χ1n) is 7.55. The van der Waals surface area contributed by atoms with Crippen molar-refractivity contribution in [2.45, 2.75) is 25.4 Å². The lowest BCUT2D eigenvalue weighted by Crippen LogP contribution is -2.31. The van der Waals surface area contributed by atoms with E-state index in [0.29, 0.717) is 24.7 Å². The Hall–Kier alpha value is -2.64. The first-order chi connectivity index (χ1) is 11.1. The highest BCUT2D eigenvalue weighted by Crippen LogP contribution is 2.33. The molecule has 0 unspecified atom stereocenters. The van der Waals surface area contributed by atoms with Gasteiger partial charge in [0.1, 0.15) is 5.82 Å². The maximum Gasteiger partial charge on any atom is 0.234 e. The van der Waals surface area contributed by atoms with Gasteiger partial charge in [-0.3, -0.25) is 14.5 Å². The number of rotatable bonds is 5. The topological polar surface area (TPSA) is 85.2 Å². The molecule has 0 bridgehead atoms. The third-order valence-electron chi connectivity index (χ3n) is 3.99. The zero-order chi connectivity index (χ0) is 16.4. The highest BCUT2D eigenvalue weighted by Gasteiger charge is 2.40. The second kappa shape index (κ2) is 6.23. The van der Waals surface area contributed by atoms with Crippen LogP contribution >= 0.6 is 0 Å². The number of carbonyl (C=O) groups excluding carboxylic acids is 1. The van der Waals surface area contributed by atoms with Crippen molar-refractivity contribution < 1.29 is 9.53 Å². The van der Waals surface area contributed by atoms with Crippen molar-refractivity contribution in [2.24, 2.45) is 7.05 Å². The lowest BCUT2D eigenvalue weighted by molar-refractivity contribution is -0.127. The van der Waals surface area contributed by atoms with Gasteiger partial charge >= 0.3 is 0 Å². The number of aromatic nitrogens is 4. The van der Waals surface area contributed by atoms with Crippen molar-refractivity contribution in [3.8, 4) is 5.88 Å². The van der Waals surface area contributed by atoms with Gasteiger partial charge in [0.05, 0.1) is 36.8 Å². The van der Waals surface area contributed by atoms with E-state index in [0.717, 1.165) is 5.69 Å². The average Bonchev–Trinajstić information content (AvgIpc) is 3.04. The van der Waals surface area contributed by atoms with Crippen molar-refractivity contribution >= 4 is 11.7 Å². The standard InChI is InChI=1S/C15H20N6O2/c1-4-23-13-9-16-8-12(19-13)18-10-7-14(22)20(2)15(10)11-5-6-17-21(11)3/h5-6,8-10,15H,4,7H2,1-3H3,(H,18,19)/t10-,15-/m1/s1. The monoisotopic (exact) mass is 316 g/mol. The Kier molecular flexibility index (Phi) is 4.14. The van der Waals surface area contributed by atoms with Crippen molar-refractivity contribution in [1.29, 1.82) is 0 Å². The summed E-state index contributed by atoms with van der Waals surface area (Å²) in [4.78, 5) is 22.4. The number of likely N-dealkylation sites (N-methyl/N-ethyl adjacent to an activating group) is 1. The third-order valence-corrected chi connectivity index (χ3v) is 3.99. The molecule has 1 amide bonds. The van der Waals surface area contributed by atoms with Gasteiger partial charge in [-0.15, -0.1) is 0 Å². The molecule has 23 heavy (non-hydrogen) atoms. The van der Waals surface area contributed by atoms with E-state index in [2.05, 4.69) is 20.4 Å². The largest absolute Gasteiger partial charge is 0.477 e. The maximum absolute atomic E-state index is 12.2. The molecule has 8 heteroatoms. The molecule has 1 fully saturated rings. The summed E-state index contributed by atoms with van der Waals surface area (Å²) < 4.78 is 7.15. The van der Waals surface area contributed by atoms with Crippen molar-refractivity contribution in [2.75, 3.05) is 19.0 Å². The number of ether oxygens (including phenoxy) is 1. The van der Waals surface area contributed by atoms with E-state index >= 15 is 0 Å². The van der Waals surface area contributed by atoms with Crippen molar-refractivity contribution in [3.05, 3.63) is 30.4 Å². The van der Waals surface area contributed by atoms with Crippen LogP contribution in [0.5, 0.6) is 5.88 Å². The van der Waals surface area contributed by atoms with Gasteiger partial charge in [-0.25, -0.2) is 0 Å². The van der Waals surface area contributed by atoms with E-state index < -0.39 is 0 Å². The summed E-state index contributed by atoms with van der Waals surface area (Å²) in [5.74, 6) is 1.14. The smallest absolute Gasteiger partial charge is 0.234 e. The fourth-order valence-electron chi connectivity index (χ4n) is 2.90. The van der Waals surface area contributed by atoms with Gasteiger partial charge in [0.2, 0.25) is 11.8 Å². The van der Waals surface area contributed by atoms with Crippen LogP contribution in [0.4, 0.5) is 5.82 Å². The molecule has 0 saturated carbocycles. The molecule has 1 aliphatic heterocycles. The Bertz CT molecular complexity index is 701. The zero-order valence-corrected chi connectivity index (χ0v) is 13.4. The Labute approximate surface area is 134 Å². The molecule has 2 aromatic heterocycles. The summed E-state index contributed by atoms with van der Waals surface area (Å²) >= 11 is 0. The molecule has 2 atom stereocenters. The minimum absolute atomic E-state index is 0.0858. The van der Waals surface area contributed by atoms with E-state index in [-0.39, 0.29) is 18.0 Å². The fraction of sp³-hybridized carbons (Fsp3) is 0.467. The van der Waals surface area contributed by atoms with E-state index in [1.54, 1.807) is 28.2 Å². The summed E-state index contributed by atoms with van der Waals surface area (Å²) in [6, 6.07) is 1.72. The number of likely N-dealkylation sites (tertiary alicyclic amines) is 1. The van der Waals surface area contributed by atoms with Crippen LogP contribution < -0.4 is 10.1 Å². The predicted molar refractivity (Wildman–Crippen MR) is 83.9 cm³/mol. The van der Waals surface area contributed by atoms with E-state index in [1.807, 2.05) is 27.1 Å². The fourth-order valence-corrected chi connectivity index (χ4v) is 2.90. The number of aryl methyl sites for hydroxylation is 1. The highest BCUT2D eigenvalue weighted by atomic mass is 16.5. The van der Waals surface area contributed by atoms with E-state index in [1.165, 1.54) is 0 Å². The maximum atomic E-state index is 12.2. The molecule has 2 aromatic rings. The number of anilines is 1. The minimum atomic E-state index is -0.104. The molecule has 1 aliphatic rings. The number of nitrogens with one attached hydrogen (secondary N) is 1. The number of amides is 1. The predicted octanol–water partition coefficient (Wildman–Crippen LogP) is 0.993. The number of hydrogen-bond acceptors (Lipinski definition) is 6. The van der Waals surface area contributed by atoms with Crippen LogP contribution in [0.15, 0.2) is 24.7 Å². The van der Waals surface area contributed by atoms with Crippen LogP contribution in [-0.2, 0) is 11.8 Å². The molecule has 3 rings (SSSR count). The van der Waals surface area contributed by atoms with Crippen molar-refractivity contribution in [1.82, 2.24) is 24.6 Å². The van der Waals surface area contributed by atoms with Crippen LogP contribution in [-0.4, -0.2) is 50.3 Å². The molecule has 0 radical (unpaired) electrons. The number of carbonyl (C=O) groups is 1. The number of nitrogens with zero attached hydrogens (tertiary/aromatic N) is 5. The second-order valence-corrected chi connectivity index (χ2v) is 5.46. The minimum Gasteiger partial charge on any atom is -0.477 e. The summed E-state index contributed by atoms with van der Waals surface area (Å²) in [5, 5.41) is 7.51. The molecule has 0 spiro atoms. The van der Waals surface area contributed by atoms with Crippen LogP contribution in [0.3, 0.4) is 0 Å². The average molecular weight is 316 g/mol. The van der Waals surface area contributed by atoms with Crippen LogP contribution in [0, 0.1) is 0 Å². The molecule has 1 N–H and O–H groups in total. The van der Waals surface area contributed by atoms with E-state index in [9.17, 15) is 4.79 Å². The Morgan fingerprint density at radius 1 is 1.39 bits per heavy atom. The first-order valence-corrected chi connectivity index (χ1v) is 7.55. The molecular formula is C15H20N6O2. The summed E-state index contributed by atoms with van der Waals surface area (Å²) in [6.45, 7) is 2.42. The van der Waals surface area contributed by atoms with E-state index in [4.69, 9.17) is 4.74 Å².